The van der Waals surface area contributed by atoms with E-state index in [1.165, 1.54) is 12.1 Å². The molecular weight excluding hydrogens is 329 g/mol. The molecule has 0 bridgehead atoms. The van der Waals surface area contributed by atoms with Gasteiger partial charge in [-0.1, -0.05) is 28.9 Å². The molecule has 2 rings (SSSR count). The Hall–Kier alpha value is -2.21. The minimum Gasteiger partial charge on any atom is -0.398 e. The van der Waals surface area contributed by atoms with Gasteiger partial charge in [-0.15, -0.1) is 0 Å². The zero-order chi connectivity index (χ0) is 17.0. The third-order valence-electron chi connectivity index (χ3n) is 3.09. The van der Waals surface area contributed by atoms with E-state index in [1.807, 2.05) is 0 Å². The topological polar surface area (TPSA) is 47.6 Å². The van der Waals surface area contributed by atoms with Crippen LogP contribution in [-0.4, -0.2) is 5.71 Å². The lowest BCUT2D eigenvalue weighted by Gasteiger charge is -2.09. The summed E-state index contributed by atoms with van der Waals surface area (Å²) in [7, 11) is 0. The van der Waals surface area contributed by atoms with Crippen LogP contribution in [0.15, 0.2) is 47.6 Å². The van der Waals surface area contributed by atoms with Crippen molar-refractivity contribution in [3.63, 3.8) is 0 Å². The summed E-state index contributed by atoms with van der Waals surface area (Å²) in [4.78, 5) is 5.12. The summed E-state index contributed by atoms with van der Waals surface area (Å²) in [6.07, 6.45) is -4.38. The summed E-state index contributed by atoms with van der Waals surface area (Å²) in [6, 6.07) is 9.83. The fraction of sp³-hybridized carbons (Fsp3) is 0.188. The Kier molecular flexibility index (Phi) is 5.15. The quantitative estimate of drug-likeness (QED) is 0.489. The van der Waals surface area contributed by atoms with E-state index in [1.54, 1.807) is 25.1 Å². The Morgan fingerprint density at radius 3 is 2.65 bits per heavy atom. The van der Waals surface area contributed by atoms with Gasteiger partial charge < -0.3 is 10.6 Å². The van der Waals surface area contributed by atoms with Crippen molar-refractivity contribution < 1.29 is 18.0 Å². The molecule has 0 amide bonds. The van der Waals surface area contributed by atoms with E-state index < -0.39 is 11.7 Å². The van der Waals surface area contributed by atoms with Crippen molar-refractivity contribution in [3.8, 4) is 0 Å². The minimum atomic E-state index is -4.38. The van der Waals surface area contributed by atoms with Crippen LogP contribution < -0.4 is 5.73 Å². The van der Waals surface area contributed by atoms with Crippen LogP contribution in [0.2, 0.25) is 5.02 Å². The normalized spacial score (nSPS) is 12.3. The van der Waals surface area contributed by atoms with Gasteiger partial charge in [0, 0.05) is 16.3 Å². The molecule has 2 aromatic rings. The Balaban J connectivity index is 2.08. The lowest BCUT2D eigenvalue weighted by molar-refractivity contribution is -0.137. The van der Waals surface area contributed by atoms with Crippen molar-refractivity contribution in [2.45, 2.75) is 19.7 Å². The van der Waals surface area contributed by atoms with Gasteiger partial charge in [0.05, 0.1) is 11.3 Å². The fourth-order valence-electron chi connectivity index (χ4n) is 1.93. The molecule has 0 aliphatic rings. The number of nitrogens with two attached hydrogens (primary N) is 1. The number of oxime groups is 1. The predicted octanol–water partition coefficient (Wildman–Crippen LogP) is 4.88. The molecular formula is C16H14ClF3N2O. The van der Waals surface area contributed by atoms with Gasteiger partial charge in [-0.25, -0.2) is 0 Å². The largest absolute Gasteiger partial charge is 0.416 e. The van der Waals surface area contributed by atoms with Gasteiger partial charge in [0.25, 0.3) is 0 Å². The van der Waals surface area contributed by atoms with Gasteiger partial charge in [0.2, 0.25) is 0 Å². The summed E-state index contributed by atoms with van der Waals surface area (Å²) in [5, 5.41) is 4.38. The number of nitrogen functional groups attached to an aromatic ring is 1. The highest BCUT2D eigenvalue weighted by atomic mass is 35.5. The molecule has 0 aromatic heterocycles. The third-order valence-corrected chi connectivity index (χ3v) is 3.33. The monoisotopic (exact) mass is 342 g/mol. The molecule has 0 saturated carbocycles. The van der Waals surface area contributed by atoms with E-state index in [2.05, 4.69) is 5.16 Å². The first kappa shape index (κ1) is 17.1. The van der Waals surface area contributed by atoms with Gasteiger partial charge in [-0.2, -0.15) is 13.2 Å². The van der Waals surface area contributed by atoms with Crippen LogP contribution in [0.3, 0.4) is 0 Å². The summed E-state index contributed by atoms with van der Waals surface area (Å²) in [5.74, 6) is 0. The maximum atomic E-state index is 12.6. The lowest BCUT2D eigenvalue weighted by atomic mass is 10.1. The molecule has 0 spiro atoms. The second-order valence-corrected chi connectivity index (χ2v) is 5.32. The number of benzene rings is 2. The zero-order valence-corrected chi connectivity index (χ0v) is 12.9. The van der Waals surface area contributed by atoms with Crippen LogP contribution in [0.5, 0.6) is 0 Å². The van der Waals surface area contributed by atoms with Crippen molar-refractivity contribution in [2.24, 2.45) is 5.16 Å². The van der Waals surface area contributed by atoms with Gasteiger partial charge >= 0.3 is 6.18 Å². The van der Waals surface area contributed by atoms with E-state index in [0.29, 0.717) is 27.5 Å². The number of hydrogen-bond donors (Lipinski definition) is 1. The van der Waals surface area contributed by atoms with Crippen LogP contribution in [-0.2, 0) is 17.6 Å². The van der Waals surface area contributed by atoms with E-state index in [4.69, 9.17) is 22.2 Å². The van der Waals surface area contributed by atoms with Crippen molar-refractivity contribution in [1.82, 2.24) is 0 Å². The van der Waals surface area contributed by atoms with Crippen LogP contribution in [0.4, 0.5) is 18.9 Å². The zero-order valence-electron chi connectivity index (χ0n) is 12.2. The maximum absolute atomic E-state index is 12.6. The van der Waals surface area contributed by atoms with Crippen molar-refractivity contribution in [2.75, 3.05) is 5.73 Å². The second-order valence-electron chi connectivity index (χ2n) is 4.88. The molecule has 0 unspecified atom stereocenters. The van der Waals surface area contributed by atoms with E-state index in [9.17, 15) is 13.2 Å². The summed E-state index contributed by atoms with van der Waals surface area (Å²) in [5.41, 5.74) is 7.05. The molecule has 0 radical (unpaired) electrons. The van der Waals surface area contributed by atoms with Crippen LogP contribution in [0, 0.1) is 0 Å². The Morgan fingerprint density at radius 2 is 1.96 bits per heavy atom. The van der Waals surface area contributed by atoms with Crippen molar-refractivity contribution >= 4 is 23.0 Å². The van der Waals surface area contributed by atoms with Crippen molar-refractivity contribution in [1.29, 1.82) is 0 Å². The average molecular weight is 343 g/mol. The molecule has 0 aliphatic heterocycles. The molecule has 0 aliphatic carbocycles. The highest BCUT2D eigenvalue weighted by Gasteiger charge is 2.30. The van der Waals surface area contributed by atoms with Crippen LogP contribution in [0.25, 0.3) is 0 Å². The average Bonchev–Trinajstić information content (AvgIpc) is 2.49. The molecule has 7 heteroatoms. The molecule has 0 fully saturated rings. The van der Waals surface area contributed by atoms with E-state index in [0.717, 1.165) is 12.1 Å². The SMILES string of the molecule is C/C(=N\OCc1cccc(C(F)(F)F)c1)c1cc(Cl)ccc1N. The molecule has 0 heterocycles. The first-order valence-corrected chi connectivity index (χ1v) is 7.03. The van der Waals surface area contributed by atoms with E-state index in [-0.39, 0.29) is 6.61 Å². The van der Waals surface area contributed by atoms with Gasteiger partial charge in [-0.05, 0) is 42.8 Å². The Labute approximate surface area is 136 Å². The molecule has 3 nitrogen and oxygen atoms in total. The first-order chi connectivity index (χ1) is 10.8. The third kappa shape index (κ3) is 4.63. The Bertz CT molecular complexity index is 730. The standard InChI is InChI=1S/C16H14ClF3N2O/c1-10(14-8-13(17)5-6-15(14)21)22-23-9-11-3-2-4-12(7-11)16(18,19)20/h2-8H,9,21H2,1H3/b22-10+. The highest BCUT2D eigenvalue weighted by Crippen LogP contribution is 2.29. The van der Waals surface area contributed by atoms with Crippen LogP contribution >= 0.6 is 11.6 Å². The first-order valence-electron chi connectivity index (χ1n) is 6.65. The molecule has 0 saturated heterocycles. The number of anilines is 1. The molecule has 2 aromatic carbocycles. The number of rotatable bonds is 4. The smallest absolute Gasteiger partial charge is 0.398 e. The molecule has 0 atom stereocenters. The van der Waals surface area contributed by atoms with Crippen molar-refractivity contribution in [3.05, 3.63) is 64.2 Å². The van der Waals surface area contributed by atoms with Gasteiger partial charge in [0.15, 0.2) is 0 Å². The molecule has 122 valence electrons. The minimum absolute atomic E-state index is 0.0816. The maximum Gasteiger partial charge on any atom is 0.416 e. The summed E-state index contributed by atoms with van der Waals surface area (Å²) < 4.78 is 37.9. The number of halogens is 4. The summed E-state index contributed by atoms with van der Waals surface area (Å²) >= 11 is 5.89. The van der Waals surface area contributed by atoms with Gasteiger partial charge in [0.1, 0.15) is 6.61 Å². The number of alkyl halides is 3. The number of nitrogens with zero attached hydrogens (tertiary/aromatic N) is 1. The highest BCUT2D eigenvalue weighted by molar-refractivity contribution is 6.31. The summed E-state index contributed by atoms with van der Waals surface area (Å²) in [6.45, 7) is 1.59. The second kappa shape index (κ2) is 6.91. The van der Waals surface area contributed by atoms with Crippen LogP contribution in [0.1, 0.15) is 23.6 Å². The fourth-order valence-corrected chi connectivity index (χ4v) is 2.10. The predicted molar refractivity (Wildman–Crippen MR) is 84.3 cm³/mol. The molecule has 23 heavy (non-hydrogen) atoms. The van der Waals surface area contributed by atoms with E-state index >= 15 is 0 Å². The lowest BCUT2D eigenvalue weighted by Crippen LogP contribution is -2.05. The molecule has 2 N–H and O–H groups in total. The number of hydrogen-bond acceptors (Lipinski definition) is 3. The Morgan fingerprint density at radius 1 is 1.22 bits per heavy atom. The van der Waals surface area contributed by atoms with Gasteiger partial charge in [-0.3, -0.25) is 0 Å².